The molecule has 1 saturated carbocycles. The third kappa shape index (κ3) is 4.23. The molecular formula is C16H25N3O. The predicted molar refractivity (Wildman–Crippen MR) is 82.9 cm³/mol. The molecule has 1 aliphatic carbocycles. The Morgan fingerprint density at radius 2 is 2.20 bits per heavy atom. The van der Waals surface area contributed by atoms with Gasteiger partial charge in [0.2, 0.25) is 0 Å². The Labute approximate surface area is 121 Å². The number of hydrogen-bond donors (Lipinski definition) is 3. The van der Waals surface area contributed by atoms with Crippen LogP contribution in [0.2, 0.25) is 0 Å². The van der Waals surface area contributed by atoms with Gasteiger partial charge in [0.05, 0.1) is 0 Å². The number of carbonyl (C=O) groups excluding carboxylic acids is 1. The molecule has 4 nitrogen and oxygen atoms in total. The Balaban J connectivity index is 1.84. The summed E-state index contributed by atoms with van der Waals surface area (Å²) < 4.78 is 0. The van der Waals surface area contributed by atoms with Crippen LogP contribution in [0.4, 0.5) is 10.5 Å². The molecule has 1 aliphatic rings. The molecule has 1 aromatic carbocycles. The van der Waals surface area contributed by atoms with Crippen molar-refractivity contribution in [1.82, 2.24) is 10.6 Å². The van der Waals surface area contributed by atoms with Crippen molar-refractivity contribution in [3.05, 3.63) is 29.8 Å². The predicted octanol–water partition coefficient (Wildman–Crippen LogP) is 3.28. The second-order valence-electron chi connectivity index (χ2n) is 5.54. The van der Waals surface area contributed by atoms with Gasteiger partial charge in [-0.05, 0) is 49.9 Å². The van der Waals surface area contributed by atoms with Crippen molar-refractivity contribution < 1.29 is 4.79 Å². The van der Waals surface area contributed by atoms with E-state index in [1.165, 1.54) is 24.8 Å². The van der Waals surface area contributed by atoms with E-state index in [0.717, 1.165) is 18.8 Å². The first-order valence-electron chi connectivity index (χ1n) is 7.57. The monoisotopic (exact) mass is 275 g/mol. The summed E-state index contributed by atoms with van der Waals surface area (Å²) in [6.07, 6.45) is 3.80. The fourth-order valence-electron chi connectivity index (χ4n) is 2.42. The van der Waals surface area contributed by atoms with Crippen LogP contribution in [0.25, 0.3) is 0 Å². The maximum absolute atomic E-state index is 11.8. The van der Waals surface area contributed by atoms with E-state index >= 15 is 0 Å². The molecular weight excluding hydrogens is 250 g/mol. The second-order valence-corrected chi connectivity index (χ2v) is 5.54. The lowest BCUT2D eigenvalue weighted by molar-refractivity contribution is 0.243. The summed E-state index contributed by atoms with van der Waals surface area (Å²) in [5.74, 6) is 0.681. The summed E-state index contributed by atoms with van der Waals surface area (Å²) in [4.78, 5) is 11.8. The van der Waals surface area contributed by atoms with E-state index in [2.05, 4.69) is 35.9 Å². The van der Waals surface area contributed by atoms with Gasteiger partial charge in [0, 0.05) is 18.3 Å². The Morgan fingerprint density at radius 3 is 2.85 bits per heavy atom. The lowest BCUT2D eigenvalue weighted by Crippen LogP contribution is -2.35. The molecule has 20 heavy (non-hydrogen) atoms. The van der Waals surface area contributed by atoms with Crippen LogP contribution in [0.5, 0.6) is 0 Å². The number of rotatable bonds is 6. The summed E-state index contributed by atoms with van der Waals surface area (Å²) in [5.41, 5.74) is 2.03. The van der Waals surface area contributed by atoms with E-state index < -0.39 is 0 Å². The van der Waals surface area contributed by atoms with Crippen LogP contribution in [-0.4, -0.2) is 19.1 Å². The standard InChI is InChI=1S/C16H25N3O/c1-3-17-12(2)14-8-5-9-15(10-14)19-16(20)18-11-13-6-4-7-13/h5,8-10,12-13,17H,3-4,6-7,11H2,1-2H3,(H2,18,19,20). The zero-order chi connectivity index (χ0) is 14.4. The minimum absolute atomic E-state index is 0.106. The van der Waals surface area contributed by atoms with E-state index in [1.807, 2.05) is 18.2 Å². The molecule has 1 unspecified atom stereocenters. The molecule has 0 saturated heterocycles. The van der Waals surface area contributed by atoms with Crippen LogP contribution in [0.1, 0.15) is 44.7 Å². The van der Waals surface area contributed by atoms with Gasteiger partial charge in [0.15, 0.2) is 0 Å². The Morgan fingerprint density at radius 1 is 1.40 bits per heavy atom. The topological polar surface area (TPSA) is 53.2 Å². The highest BCUT2D eigenvalue weighted by Crippen LogP contribution is 2.25. The summed E-state index contributed by atoms with van der Waals surface area (Å²) in [6.45, 7) is 5.94. The molecule has 110 valence electrons. The van der Waals surface area contributed by atoms with Crippen molar-refractivity contribution in [2.45, 2.75) is 39.2 Å². The van der Waals surface area contributed by atoms with E-state index in [0.29, 0.717) is 12.0 Å². The number of nitrogens with one attached hydrogen (secondary N) is 3. The highest BCUT2D eigenvalue weighted by atomic mass is 16.2. The minimum atomic E-state index is -0.106. The fourth-order valence-corrected chi connectivity index (χ4v) is 2.42. The van der Waals surface area contributed by atoms with Crippen LogP contribution >= 0.6 is 0 Å². The van der Waals surface area contributed by atoms with Crippen molar-refractivity contribution in [2.24, 2.45) is 5.92 Å². The van der Waals surface area contributed by atoms with Gasteiger partial charge in [0.1, 0.15) is 0 Å². The van der Waals surface area contributed by atoms with E-state index in [1.54, 1.807) is 0 Å². The fraction of sp³-hybridized carbons (Fsp3) is 0.562. The van der Waals surface area contributed by atoms with Crippen molar-refractivity contribution >= 4 is 11.7 Å². The molecule has 4 heteroatoms. The summed E-state index contributed by atoms with van der Waals surface area (Å²) in [7, 11) is 0. The van der Waals surface area contributed by atoms with Gasteiger partial charge in [-0.1, -0.05) is 25.5 Å². The van der Waals surface area contributed by atoms with Gasteiger partial charge in [-0.25, -0.2) is 4.79 Å². The third-order valence-corrected chi connectivity index (χ3v) is 3.93. The molecule has 0 aliphatic heterocycles. The molecule has 0 aromatic heterocycles. The number of amides is 2. The van der Waals surface area contributed by atoms with Crippen molar-refractivity contribution in [2.75, 3.05) is 18.4 Å². The average molecular weight is 275 g/mol. The zero-order valence-corrected chi connectivity index (χ0v) is 12.4. The Hall–Kier alpha value is -1.55. The zero-order valence-electron chi connectivity index (χ0n) is 12.4. The van der Waals surface area contributed by atoms with Gasteiger partial charge in [-0.3, -0.25) is 0 Å². The third-order valence-electron chi connectivity index (χ3n) is 3.93. The Bertz CT molecular complexity index is 443. The average Bonchev–Trinajstić information content (AvgIpc) is 2.37. The molecule has 2 rings (SSSR count). The highest BCUT2D eigenvalue weighted by Gasteiger charge is 2.17. The minimum Gasteiger partial charge on any atom is -0.338 e. The van der Waals surface area contributed by atoms with Crippen LogP contribution in [0.3, 0.4) is 0 Å². The SMILES string of the molecule is CCNC(C)c1cccc(NC(=O)NCC2CCC2)c1. The lowest BCUT2D eigenvalue weighted by Gasteiger charge is -2.25. The molecule has 1 aromatic rings. The van der Waals surface area contributed by atoms with E-state index in [-0.39, 0.29) is 6.03 Å². The van der Waals surface area contributed by atoms with Crippen LogP contribution in [0, 0.1) is 5.92 Å². The normalized spacial score (nSPS) is 16.3. The van der Waals surface area contributed by atoms with E-state index in [4.69, 9.17) is 0 Å². The molecule has 0 spiro atoms. The van der Waals surface area contributed by atoms with Crippen LogP contribution in [0.15, 0.2) is 24.3 Å². The molecule has 1 fully saturated rings. The van der Waals surface area contributed by atoms with Gasteiger partial charge < -0.3 is 16.0 Å². The number of urea groups is 1. The summed E-state index contributed by atoms with van der Waals surface area (Å²) in [5, 5.41) is 9.22. The largest absolute Gasteiger partial charge is 0.338 e. The maximum Gasteiger partial charge on any atom is 0.319 e. The number of carbonyl (C=O) groups is 1. The first kappa shape index (κ1) is 14.9. The number of hydrogen-bond acceptors (Lipinski definition) is 2. The highest BCUT2D eigenvalue weighted by molar-refractivity contribution is 5.89. The van der Waals surface area contributed by atoms with Gasteiger partial charge >= 0.3 is 6.03 Å². The van der Waals surface area contributed by atoms with E-state index in [9.17, 15) is 4.79 Å². The van der Waals surface area contributed by atoms with Gasteiger partial charge in [0.25, 0.3) is 0 Å². The number of anilines is 1. The van der Waals surface area contributed by atoms with Crippen LogP contribution in [-0.2, 0) is 0 Å². The van der Waals surface area contributed by atoms with Gasteiger partial charge in [-0.2, -0.15) is 0 Å². The smallest absolute Gasteiger partial charge is 0.319 e. The Kier molecular flexibility index (Phi) is 5.41. The van der Waals surface area contributed by atoms with Crippen LogP contribution < -0.4 is 16.0 Å². The maximum atomic E-state index is 11.8. The second kappa shape index (κ2) is 7.29. The lowest BCUT2D eigenvalue weighted by atomic mass is 9.85. The summed E-state index contributed by atoms with van der Waals surface area (Å²) >= 11 is 0. The quantitative estimate of drug-likeness (QED) is 0.746. The number of benzene rings is 1. The molecule has 2 amide bonds. The van der Waals surface area contributed by atoms with Crippen molar-refractivity contribution in [1.29, 1.82) is 0 Å². The van der Waals surface area contributed by atoms with Gasteiger partial charge in [-0.15, -0.1) is 0 Å². The van der Waals surface area contributed by atoms with Crippen molar-refractivity contribution in [3.63, 3.8) is 0 Å². The molecule has 1 atom stereocenters. The molecule has 3 N–H and O–H groups in total. The molecule has 0 radical (unpaired) electrons. The van der Waals surface area contributed by atoms with Crippen molar-refractivity contribution in [3.8, 4) is 0 Å². The first-order valence-corrected chi connectivity index (χ1v) is 7.57. The molecule has 0 bridgehead atoms. The summed E-state index contributed by atoms with van der Waals surface area (Å²) in [6, 6.07) is 8.18. The molecule has 0 heterocycles. The first-order chi connectivity index (χ1) is 9.69.